The topological polar surface area (TPSA) is 83.4 Å². The zero-order valence-electron chi connectivity index (χ0n) is 15.7. The number of piperidine rings is 1. The highest BCUT2D eigenvalue weighted by molar-refractivity contribution is 6.30. The zero-order chi connectivity index (χ0) is 20.1. The summed E-state index contributed by atoms with van der Waals surface area (Å²) in [6.45, 7) is 1.67. The smallest absolute Gasteiger partial charge is 0.319 e. The molecule has 8 heteroatoms. The van der Waals surface area contributed by atoms with Gasteiger partial charge in [-0.15, -0.1) is 0 Å². The monoisotopic (exact) mass is 402 g/mol. The first kappa shape index (κ1) is 19.9. The van der Waals surface area contributed by atoms with Crippen LogP contribution in [0.15, 0.2) is 47.4 Å². The van der Waals surface area contributed by atoms with E-state index >= 15 is 0 Å². The van der Waals surface area contributed by atoms with E-state index in [0.29, 0.717) is 30.3 Å². The van der Waals surface area contributed by atoms with E-state index in [1.807, 2.05) is 0 Å². The fourth-order valence-electron chi connectivity index (χ4n) is 3.25. The summed E-state index contributed by atoms with van der Waals surface area (Å²) in [5, 5.41) is 6.17. The van der Waals surface area contributed by atoms with Crippen molar-refractivity contribution in [2.45, 2.75) is 12.8 Å². The summed E-state index contributed by atoms with van der Waals surface area (Å²) in [6, 6.07) is 9.94. The third kappa shape index (κ3) is 4.92. The molecule has 0 bridgehead atoms. The first-order valence-electron chi connectivity index (χ1n) is 9.19. The number of hydrogen-bond donors (Lipinski definition) is 2. The first-order valence-corrected chi connectivity index (χ1v) is 9.57. The van der Waals surface area contributed by atoms with Crippen LogP contribution in [0.5, 0.6) is 0 Å². The van der Waals surface area contributed by atoms with Crippen molar-refractivity contribution in [2.75, 3.05) is 25.0 Å². The Morgan fingerprint density at radius 3 is 2.64 bits per heavy atom. The number of aromatic nitrogens is 1. The number of aryl methyl sites for hydroxylation is 1. The van der Waals surface area contributed by atoms with Gasteiger partial charge in [0.25, 0.3) is 11.5 Å². The third-order valence-corrected chi connectivity index (χ3v) is 5.12. The minimum atomic E-state index is -0.284. The number of nitrogens with one attached hydrogen (secondary N) is 2. The van der Waals surface area contributed by atoms with Crippen LogP contribution in [0.25, 0.3) is 0 Å². The van der Waals surface area contributed by atoms with Gasteiger partial charge in [-0.05, 0) is 49.1 Å². The van der Waals surface area contributed by atoms with E-state index in [-0.39, 0.29) is 29.0 Å². The maximum atomic E-state index is 12.6. The van der Waals surface area contributed by atoms with Crippen LogP contribution in [0.2, 0.25) is 5.02 Å². The van der Waals surface area contributed by atoms with Crippen LogP contribution in [-0.2, 0) is 7.05 Å². The van der Waals surface area contributed by atoms with Gasteiger partial charge in [0.15, 0.2) is 0 Å². The van der Waals surface area contributed by atoms with Gasteiger partial charge in [0, 0.05) is 43.6 Å². The Bertz CT molecular complexity index is 920. The maximum absolute atomic E-state index is 12.6. The standard InChI is InChI=1S/C20H23ClN4O3/c1-24-9-3-6-17(18(24)26)19(27)25-10-7-14(8-11-25)13-22-20(28)23-16-5-2-4-15(21)12-16/h2-6,9,12,14H,7-8,10-11,13H2,1H3,(H2,22,23,28). The lowest BCUT2D eigenvalue weighted by Gasteiger charge is -2.32. The fourth-order valence-corrected chi connectivity index (χ4v) is 3.44. The lowest BCUT2D eigenvalue weighted by molar-refractivity contribution is 0.0688. The number of hydrogen-bond acceptors (Lipinski definition) is 3. The molecule has 2 heterocycles. The van der Waals surface area contributed by atoms with E-state index in [2.05, 4.69) is 10.6 Å². The van der Waals surface area contributed by atoms with Crippen molar-refractivity contribution < 1.29 is 9.59 Å². The Balaban J connectivity index is 1.46. The number of likely N-dealkylation sites (tertiary alicyclic amines) is 1. The maximum Gasteiger partial charge on any atom is 0.319 e. The number of rotatable bonds is 4. The Hall–Kier alpha value is -2.80. The highest BCUT2D eigenvalue weighted by atomic mass is 35.5. The summed E-state index contributed by atoms with van der Waals surface area (Å²) >= 11 is 5.90. The van der Waals surface area contributed by atoms with Crippen LogP contribution in [0.4, 0.5) is 10.5 Å². The number of anilines is 1. The number of amides is 3. The van der Waals surface area contributed by atoms with Gasteiger partial charge in [-0.25, -0.2) is 4.79 Å². The van der Waals surface area contributed by atoms with Crippen LogP contribution >= 0.6 is 11.6 Å². The molecule has 3 rings (SSSR count). The van der Waals surface area contributed by atoms with E-state index in [4.69, 9.17) is 11.6 Å². The van der Waals surface area contributed by atoms with Crippen molar-refractivity contribution >= 4 is 29.2 Å². The van der Waals surface area contributed by atoms with Gasteiger partial charge in [0.2, 0.25) is 0 Å². The molecule has 1 aromatic carbocycles. The molecule has 3 amide bonds. The highest BCUT2D eigenvalue weighted by Crippen LogP contribution is 2.18. The molecular weight excluding hydrogens is 380 g/mol. The van der Waals surface area contributed by atoms with E-state index in [1.165, 1.54) is 4.57 Å². The van der Waals surface area contributed by atoms with Gasteiger partial charge in [0.1, 0.15) is 5.56 Å². The van der Waals surface area contributed by atoms with Gasteiger partial charge in [-0.3, -0.25) is 9.59 Å². The molecule has 0 aliphatic carbocycles. The summed E-state index contributed by atoms with van der Waals surface area (Å²) in [4.78, 5) is 38.5. The first-order chi connectivity index (χ1) is 13.4. The largest absolute Gasteiger partial charge is 0.338 e. The van der Waals surface area contributed by atoms with Crippen molar-refractivity contribution in [2.24, 2.45) is 13.0 Å². The van der Waals surface area contributed by atoms with Crippen molar-refractivity contribution in [3.63, 3.8) is 0 Å². The molecule has 1 saturated heterocycles. The molecule has 0 spiro atoms. The number of urea groups is 1. The Morgan fingerprint density at radius 2 is 1.93 bits per heavy atom. The average Bonchev–Trinajstić information content (AvgIpc) is 2.68. The highest BCUT2D eigenvalue weighted by Gasteiger charge is 2.25. The van der Waals surface area contributed by atoms with Crippen LogP contribution < -0.4 is 16.2 Å². The van der Waals surface area contributed by atoms with E-state index in [1.54, 1.807) is 54.5 Å². The van der Waals surface area contributed by atoms with Crippen LogP contribution in [0.1, 0.15) is 23.2 Å². The molecule has 2 aromatic rings. The molecule has 0 radical (unpaired) electrons. The Kier molecular flexibility index (Phi) is 6.36. The van der Waals surface area contributed by atoms with Crippen LogP contribution in [-0.4, -0.2) is 41.0 Å². The summed E-state index contributed by atoms with van der Waals surface area (Å²) in [6.07, 6.45) is 3.18. The minimum absolute atomic E-state index is 0.197. The summed E-state index contributed by atoms with van der Waals surface area (Å²) in [5.74, 6) is 0.0547. The predicted octanol–water partition coefficient (Wildman–Crippen LogP) is 2.71. The molecule has 1 fully saturated rings. The molecule has 0 unspecified atom stereocenters. The Labute approximate surface area is 168 Å². The third-order valence-electron chi connectivity index (χ3n) is 4.89. The van der Waals surface area contributed by atoms with Gasteiger partial charge in [0.05, 0.1) is 0 Å². The molecular formula is C20H23ClN4O3. The number of pyridine rings is 1. The quantitative estimate of drug-likeness (QED) is 0.824. The zero-order valence-corrected chi connectivity index (χ0v) is 16.4. The van der Waals surface area contributed by atoms with Gasteiger partial charge < -0.3 is 20.1 Å². The van der Waals surface area contributed by atoms with Crippen molar-refractivity contribution in [1.82, 2.24) is 14.8 Å². The van der Waals surface area contributed by atoms with E-state index in [9.17, 15) is 14.4 Å². The fraction of sp³-hybridized carbons (Fsp3) is 0.350. The second kappa shape index (κ2) is 8.93. The molecule has 1 aromatic heterocycles. The number of benzene rings is 1. The van der Waals surface area contributed by atoms with Gasteiger partial charge in [-0.2, -0.15) is 0 Å². The SMILES string of the molecule is Cn1cccc(C(=O)N2CCC(CNC(=O)Nc3cccc(Cl)c3)CC2)c1=O. The molecule has 0 saturated carbocycles. The molecule has 2 N–H and O–H groups in total. The molecule has 1 aliphatic rings. The van der Waals surface area contributed by atoms with Crippen molar-refractivity contribution in [1.29, 1.82) is 0 Å². The van der Waals surface area contributed by atoms with Gasteiger partial charge in [-0.1, -0.05) is 17.7 Å². The van der Waals surface area contributed by atoms with Crippen LogP contribution in [0.3, 0.4) is 0 Å². The van der Waals surface area contributed by atoms with E-state index in [0.717, 1.165) is 12.8 Å². The van der Waals surface area contributed by atoms with Crippen molar-refractivity contribution in [3.05, 3.63) is 63.5 Å². The molecule has 1 aliphatic heterocycles. The second-order valence-electron chi connectivity index (χ2n) is 6.92. The van der Waals surface area contributed by atoms with Crippen LogP contribution in [0, 0.1) is 5.92 Å². The molecule has 7 nitrogen and oxygen atoms in total. The van der Waals surface area contributed by atoms with Crippen molar-refractivity contribution in [3.8, 4) is 0 Å². The predicted molar refractivity (Wildman–Crippen MR) is 109 cm³/mol. The molecule has 0 atom stereocenters. The second-order valence-corrected chi connectivity index (χ2v) is 7.36. The molecule has 28 heavy (non-hydrogen) atoms. The minimum Gasteiger partial charge on any atom is -0.338 e. The number of carbonyl (C=O) groups is 2. The molecule has 148 valence electrons. The summed E-state index contributed by atoms with van der Waals surface area (Å²) < 4.78 is 1.41. The lowest BCUT2D eigenvalue weighted by atomic mass is 9.96. The average molecular weight is 403 g/mol. The van der Waals surface area contributed by atoms with E-state index < -0.39 is 0 Å². The number of halogens is 1. The normalized spacial score (nSPS) is 14.6. The van der Waals surface area contributed by atoms with Gasteiger partial charge >= 0.3 is 6.03 Å². The number of nitrogens with zero attached hydrogens (tertiary/aromatic N) is 2. The number of carbonyl (C=O) groups excluding carboxylic acids is 2. The summed E-state index contributed by atoms with van der Waals surface area (Å²) in [5.41, 5.74) is 0.548. The Morgan fingerprint density at radius 1 is 1.18 bits per heavy atom. The lowest BCUT2D eigenvalue weighted by Crippen LogP contribution is -2.43. The summed E-state index contributed by atoms with van der Waals surface area (Å²) in [7, 11) is 1.63.